The molecule has 0 spiro atoms. The highest BCUT2D eigenvalue weighted by Gasteiger charge is 2.32. The largest absolute Gasteiger partial charge is 0.353 e. The third-order valence-corrected chi connectivity index (χ3v) is 15.5. The van der Waals surface area contributed by atoms with Crippen LogP contribution in [-0.4, -0.2) is 125 Å². The third kappa shape index (κ3) is 9.99. The summed E-state index contributed by atoms with van der Waals surface area (Å²) in [5, 5.41) is 0. The highest BCUT2D eigenvalue weighted by Crippen LogP contribution is 2.29. The van der Waals surface area contributed by atoms with E-state index in [0.29, 0.717) is 74.6 Å². The van der Waals surface area contributed by atoms with Crippen LogP contribution in [0.5, 0.6) is 0 Å². The molecule has 4 saturated heterocycles. The fraction of sp³-hybridized carbons (Fsp3) is 0.455. The molecule has 0 saturated carbocycles. The number of piperazine rings is 2. The summed E-state index contributed by atoms with van der Waals surface area (Å²) >= 11 is 0. The summed E-state index contributed by atoms with van der Waals surface area (Å²) in [4.78, 5) is 43.5. The summed E-state index contributed by atoms with van der Waals surface area (Å²) < 4.78 is 51.6. The zero-order chi connectivity index (χ0) is 42.9. The predicted molar refractivity (Wildman–Crippen MR) is 248 cm³/mol. The Balaban J connectivity index is 0.000000201. The van der Waals surface area contributed by atoms with Crippen LogP contribution >= 0.6 is 17.0 Å². The fourth-order valence-electron chi connectivity index (χ4n) is 8.61. The normalized spacial score (nSPS) is 18.4. The van der Waals surface area contributed by atoms with Crippen molar-refractivity contribution in [3.05, 3.63) is 105 Å². The number of benzene rings is 2. The maximum absolute atomic E-state index is 13.1. The second kappa shape index (κ2) is 18.7. The van der Waals surface area contributed by atoms with Gasteiger partial charge in [-0.15, -0.1) is 17.0 Å². The Morgan fingerprint density at radius 3 is 1.15 bits per heavy atom. The lowest BCUT2D eigenvalue weighted by molar-refractivity contribution is 0.0738. The summed E-state index contributed by atoms with van der Waals surface area (Å²) in [6.07, 6.45) is 5.04. The Morgan fingerprint density at radius 2 is 0.852 bits per heavy atom. The minimum Gasteiger partial charge on any atom is -0.353 e. The summed E-state index contributed by atoms with van der Waals surface area (Å²) in [7, 11) is -6.45. The van der Waals surface area contributed by atoms with E-state index in [1.54, 1.807) is 24.3 Å². The summed E-state index contributed by atoms with van der Waals surface area (Å²) in [6.45, 7) is 18.5. The van der Waals surface area contributed by atoms with Crippen LogP contribution in [0.15, 0.2) is 60.9 Å². The molecular formula is C44H57BrN8O6S2. The van der Waals surface area contributed by atoms with E-state index in [4.69, 9.17) is 0 Å². The first-order valence-electron chi connectivity index (χ1n) is 20.7. The van der Waals surface area contributed by atoms with Gasteiger partial charge >= 0.3 is 0 Å². The van der Waals surface area contributed by atoms with Crippen LogP contribution in [0, 0.1) is 41.5 Å². The first-order valence-corrected chi connectivity index (χ1v) is 23.9. The Morgan fingerprint density at radius 1 is 0.492 bits per heavy atom. The molecule has 0 aliphatic carbocycles. The van der Waals surface area contributed by atoms with Gasteiger partial charge in [-0.25, -0.2) is 26.8 Å². The van der Waals surface area contributed by atoms with Crippen molar-refractivity contribution in [1.29, 1.82) is 0 Å². The summed E-state index contributed by atoms with van der Waals surface area (Å²) in [5.74, 6) is 2.34. The van der Waals surface area contributed by atoms with Gasteiger partial charge in [0, 0.05) is 89.0 Å². The zero-order valence-electron chi connectivity index (χ0n) is 35.9. The van der Waals surface area contributed by atoms with Crippen LogP contribution < -0.4 is 18.4 Å². The minimum atomic E-state index is -3.22. The van der Waals surface area contributed by atoms with Crippen LogP contribution in [0.1, 0.15) is 66.9 Å². The molecule has 328 valence electrons. The van der Waals surface area contributed by atoms with E-state index in [9.17, 15) is 26.4 Å². The SMILES string of the molecule is Br.Cc1cnc(N2CCN(C(=O)c3ccc(N4CCCS4(=O)=O)cc3C)CC2)c(C)c1.Cc1cnc(N2CCN(C(=O)c3ccc(N4CCCS4(=O)=O)cc3C)CC2)c(C)c1. The molecule has 8 rings (SSSR count). The van der Waals surface area contributed by atoms with Gasteiger partial charge in [-0.3, -0.25) is 18.2 Å². The van der Waals surface area contributed by atoms with Crippen molar-refractivity contribution in [3.63, 3.8) is 0 Å². The van der Waals surface area contributed by atoms with E-state index in [1.165, 1.54) is 8.61 Å². The number of carbonyl (C=O) groups excluding carboxylic acids is 2. The van der Waals surface area contributed by atoms with E-state index in [1.807, 2.05) is 62.0 Å². The zero-order valence-corrected chi connectivity index (χ0v) is 39.3. The smallest absolute Gasteiger partial charge is 0.254 e. The molecule has 0 atom stereocenters. The van der Waals surface area contributed by atoms with Crippen LogP contribution in [-0.2, 0) is 20.0 Å². The average molecular weight is 938 g/mol. The van der Waals surface area contributed by atoms with Crippen molar-refractivity contribution < 1.29 is 26.4 Å². The number of halogens is 1. The van der Waals surface area contributed by atoms with Crippen LogP contribution in [0.4, 0.5) is 23.0 Å². The number of rotatable bonds is 6. The number of sulfonamides is 2. The topological polar surface area (TPSA) is 148 Å². The van der Waals surface area contributed by atoms with Gasteiger partial charge in [0.05, 0.1) is 22.9 Å². The Hall–Kier alpha value is -4.74. The minimum absolute atomic E-state index is 0. The van der Waals surface area contributed by atoms with Crippen LogP contribution in [0.2, 0.25) is 0 Å². The van der Waals surface area contributed by atoms with Gasteiger partial charge in [0.15, 0.2) is 0 Å². The second-order valence-corrected chi connectivity index (χ2v) is 20.4. The number of carbonyl (C=O) groups is 2. The van der Waals surface area contributed by atoms with E-state index < -0.39 is 20.0 Å². The number of hydrogen-bond acceptors (Lipinski definition) is 10. The Bertz CT molecular complexity index is 2330. The fourth-order valence-corrected chi connectivity index (χ4v) is 11.7. The molecule has 61 heavy (non-hydrogen) atoms. The summed E-state index contributed by atoms with van der Waals surface area (Å²) in [5.41, 5.74) is 8.75. The van der Waals surface area contributed by atoms with Crippen molar-refractivity contribution in [2.24, 2.45) is 0 Å². The Kier molecular flexibility index (Phi) is 14.0. The molecule has 0 radical (unpaired) electrons. The number of anilines is 4. The lowest BCUT2D eigenvalue weighted by Gasteiger charge is -2.36. The van der Waals surface area contributed by atoms with Gasteiger partial charge in [0.1, 0.15) is 11.6 Å². The molecule has 4 aromatic rings. The number of aromatic nitrogens is 2. The van der Waals surface area contributed by atoms with Gasteiger partial charge in [-0.05, 0) is 124 Å². The first kappa shape index (κ1) is 45.8. The second-order valence-electron chi connectivity index (χ2n) is 16.3. The van der Waals surface area contributed by atoms with Crippen molar-refractivity contribution in [2.75, 3.05) is 95.4 Å². The highest BCUT2D eigenvalue weighted by molar-refractivity contribution is 8.93. The van der Waals surface area contributed by atoms with Gasteiger partial charge in [0.2, 0.25) is 20.0 Å². The molecule has 2 amide bonds. The molecule has 14 nitrogen and oxygen atoms in total. The third-order valence-electron chi connectivity index (χ3n) is 11.8. The van der Waals surface area contributed by atoms with Crippen molar-refractivity contribution in [2.45, 2.75) is 54.4 Å². The van der Waals surface area contributed by atoms with E-state index >= 15 is 0 Å². The van der Waals surface area contributed by atoms with E-state index in [-0.39, 0.29) is 40.3 Å². The lowest BCUT2D eigenvalue weighted by atomic mass is 10.1. The molecule has 0 unspecified atom stereocenters. The van der Waals surface area contributed by atoms with Crippen LogP contribution in [0.25, 0.3) is 0 Å². The molecular weight excluding hydrogens is 881 g/mol. The lowest BCUT2D eigenvalue weighted by Crippen LogP contribution is -2.49. The average Bonchev–Trinajstić information content (AvgIpc) is 3.77. The molecule has 2 aromatic heterocycles. The highest BCUT2D eigenvalue weighted by atomic mass is 79.9. The molecule has 0 bridgehead atoms. The number of aryl methyl sites for hydroxylation is 6. The molecule has 4 fully saturated rings. The maximum Gasteiger partial charge on any atom is 0.254 e. The van der Waals surface area contributed by atoms with Gasteiger partial charge in [0.25, 0.3) is 11.8 Å². The maximum atomic E-state index is 13.1. The van der Waals surface area contributed by atoms with Crippen molar-refractivity contribution >= 4 is 71.9 Å². The molecule has 17 heteroatoms. The quantitative estimate of drug-likeness (QED) is 0.240. The molecule has 4 aliphatic heterocycles. The van der Waals surface area contributed by atoms with E-state index in [0.717, 1.165) is 71.2 Å². The summed E-state index contributed by atoms with van der Waals surface area (Å²) in [6, 6.07) is 14.9. The number of nitrogens with zero attached hydrogens (tertiary/aromatic N) is 8. The first-order chi connectivity index (χ1) is 28.5. The predicted octanol–water partition coefficient (Wildman–Crippen LogP) is 5.60. The van der Waals surface area contributed by atoms with Crippen molar-refractivity contribution in [3.8, 4) is 0 Å². The number of hydrogen-bond donors (Lipinski definition) is 0. The van der Waals surface area contributed by atoms with E-state index in [2.05, 4.69) is 45.7 Å². The van der Waals surface area contributed by atoms with Gasteiger partial charge in [-0.1, -0.05) is 12.1 Å². The monoisotopic (exact) mass is 936 g/mol. The molecule has 2 aromatic carbocycles. The number of pyridine rings is 2. The van der Waals surface area contributed by atoms with Crippen molar-refractivity contribution in [1.82, 2.24) is 19.8 Å². The number of amides is 2. The van der Waals surface area contributed by atoms with Gasteiger partial charge < -0.3 is 19.6 Å². The van der Waals surface area contributed by atoms with Crippen LogP contribution in [0.3, 0.4) is 0 Å². The van der Waals surface area contributed by atoms with Gasteiger partial charge in [-0.2, -0.15) is 0 Å². The molecule has 0 N–H and O–H groups in total. The molecule has 6 heterocycles. The molecule has 4 aliphatic rings. The Labute approximate surface area is 371 Å². The standard InChI is InChI=1S/2C22H28N4O3S.BrH/c2*1-16-13-18(3)21(23-15-16)24-8-10-25(11-9-24)22(27)20-6-5-19(14-17(20)2)26-7-4-12-30(26,28)29;/h2*5-6,13-15H,4,7-12H2,1-3H3;1H.